The average molecular weight is 366 g/mol. The van der Waals surface area contributed by atoms with Crippen molar-refractivity contribution in [2.75, 3.05) is 5.32 Å². The van der Waals surface area contributed by atoms with E-state index in [1.54, 1.807) is 0 Å². The highest BCUT2D eigenvalue weighted by Crippen LogP contribution is 2.25. The van der Waals surface area contributed by atoms with Gasteiger partial charge in [0.1, 0.15) is 0 Å². The monoisotopic (exact) mass is 365 g/mol. The van der Waals surface area contributed by atoms with Gasteiger partial charge in [0.15, 0.2) is 5.13 Å². The molecule has 3 aromatic rings. The van der Waals surface area contributed by atoms with Crippen LogP contribution in [0.5, 0.6) is 0 Å². The van der Waals surface area contributed by atoms with Crippen molar-refractivity contribution in [1.29, 1.82) is 0 Å². The standard InChI is InChI=1S/C21H23N3OS/c1-3-15-8-10-17(11-9-15)19-13-26-21(23-19)24-20(25)18(22)12-16-6-4-14(2)5-7-16/h4-11,13,18H,3,12,22H2,1-2H3,(H,23,24,25). The topological polar surface area (TPSA) is 68.0 Å². The molecule has 1 amide bonds. The van der Waals surface area contributed by atoms with Crippen LogP contribution < -0.4 is 11.1 Å². The summed E-state index contributed by atoms with van der Waals surface area (Å²) >= 11 is 1.41. The maximum absolute atomic E-state index is 12.3. The second-order valence-electron chi connectivity index (χ2n) is 6.37. The molecule has 26 heavy (non-hydrogen) atoms. The molecule has 1 aromatic heterocycles. The molecular formula is C21H23N3OS. The fraction of sp³-hybridized carbons (Fsp3) is 0.238. The van der Waals surface area contributed by atoms with Gasteiger partial charge in [0.25, 0.3) is 0 Å². The van der Waals surface area contributed by atoms with Crippen LogP contribution in [0.3, 0.4) is 0 Å². The molecule has 0 aliphatic rings. The van der Waals surface area contributed by atoms with Gasteiger partial charge in [0.2, 0.25) is 5.91 Å². The number of thiazole rings is 1. The van der Waals surface area contributed by atoms with E-state index < -0.39 is 6.04 Å². The summed E-state index contributed by atoms with van der Waals surface area (Å²) in [5.41, 5.74) is 11.5. The van der Waals surface area contributed by atoms with E-state index in [2.05, 4.69) is 41.5 Å². The lowest BCUT2D eigenvalue weighted by atomic mass is 10.0. The van der Waals surface area contributed by atoms with Crippen LogP contribution in [0.25, 0.3) is 11.3 Å². The smallest absolute Gasteiger partial charge is 0.243 e. The Morgan fingerprint density at radius 3 is 2.42 bits per heavy atom. The molecule has 0 saturated heterocycles. The highest BCUT2D eigenvalue weighted by molar-refractivity contribution is 7.14. The zero-order valence-corrected chi connectivity index (χ0v) is 15.8. The number of rotatable bonds is 6. The first-order chi connectivity index (χ1) is 12.5. The first kappa shape index (κ1) is 18.3. The molecule has 0 aliphatic heterocycles. The van der Waals surface area contributed by atoms with E-state index in [0.717, 1.165) is 23.2 Å². The number of nitrogens with zero attached hydrogens (tertiary/aromatic N) is 1. The summed E-state index contributed by atoms with van der Waals surface area (Å²) in [7, 11) is 0. The van der Waals surface area contributed by atoms with Crippen molar-refractivity contribution in [3.05, 3.63) is 70.6 Å². The lowest BCUT2D eigenvalue weighted by molar-refractivity contribution is -0.117. The highest BCUT2D eigenvalue weighted by Gasteiger charge is 2.16. The minimum Gasteiger partial charge on any atom is -0.320 e. The fourth-order valence-corrected chi connectivity index (χ4v) is 3.37. The third kappa shape index (κ3) is 4.56. The van der Waals surface area contributed by atoms with Gasteiger partial charge in [-0.2, -0.15) is 0 Å². The zero-order valence-electron chi connectivity index (χ0n) is 15.0. The van der Waals surface area contributed by atoms with Crippen LogP contribution in [0.2, 0.25) is 0 Å². The van der Waals surface area contributed by atoms with Crippen LogP contribution in [-0.2, 0) is 17.6 Å². The molecule has 1 atom stereocenters. The Morgan fingerprint density at radius 1 is 1.12 bits per heavy atom. The second kappa shape index (κ2) is 8.25. The molecule has 0 bridgehead atoms. The number of hydrogen-bond donors (Lipinski definition) is 2. The van der Waals surface area contributed by atoms with Crippen LogP contribution in [-0.4, -0.2) is 16.9 Å². The predicted molar refractivity (Wildman–Crippen MR) is 108 cm³/mol. The summed E-state index contributed by atoms with van der Waals surface area (Å²) in [6.45, 7) is 4.16. The molecule has 134 valence electrons. The summed E-state index contributed by atoms with van der Waals surface area (Å²) in [5.74, 6) is -0.215. The largest absolute Gasteiger partial charge is 0.320 e. The van der Waals surface area contributed by atoms with Gasteiger partial charge in [0, 0.05) is 10.9 Å². The number of hydrogen-bond acceptors (Lipinski definition) is 4. The van der Waals surface area contributed by atoms with Crippen molar-refractivity contribution in [2.24, 2.45) is 5.73 Å². The quantitative estimate of drug-likeness (QED) is 0.688. The average Bonchev–Trinajstić information content (AvgIpc) is 3.12. The van der Waals surface area contributed by atoms with Gasteiger partial charge in [-0.1, -0.05) is 61.0 Å². The van der Waals surface area contributed by atoms with E-state index in [1.807, 2.05) is 36.6 Å². The number of nitrogens with one attached hydrogen (secondary N) is 1. The van der Waals surface area contributed by atoms with Crippen molar-refractivity contribution in [3.63, 3.8) is 0 Å². The Labute approximate surface area is 158 Å². The number of amides is 1. The first-order valence-electron chi connectivity index (χ1n) is 8.72. The van der Waals surface area contributed by atoms with Gasteiger partial charge in [-0.3, -0.25) is 4.79 Å². The fourth-order valence-electron chi connectivity index (χ4n) is 2.64. The Kier molecular flexibility index (Phi) is 5.81. The molecule has 1 heterocycles. The van der Waals surface area contributed by atoms with E-state index in [1.165, 1.54) is 22.5 Å². The van der Waals surface area contributed by atoms with Gasteiger partial charge in [-0.05, 0) is 30.9 Å². The minimum atomic E-state index is -0.603. The van der Waals surface area contributed by atoms with Gasteiger partial charge < -0.3 is 11.1 Å². The molecular weight excluding hydrogens is 342 g/mol. The molecule has 4 nitrogen and oxygen atoms in total. The minimum absolute atomic E-state index is 0.215. The Morgan fingerprint density at radius 2 is 1.77 bits per heavy atom. The van der Waals surface area contributed by atoms with E-state index in [4.69, 9.17) is 5.73 Å². The molecule has 5 heteroatoms. The highest BCUT2D eigenvalue weighted by atomic mass is 32.1. The number of anilines is 1. The zero-order chi connectivity index (χ0) is 18.5. The van der Waals surface area contributed by atoms with Crippen LogP contribution >= 0.6 is 11.3 Å². The van der Waals surface area contributed by atoms with Crippen LogP contribution in [0.15, 0.2) is 53.9 Å². The van der Waals surface area contributed by atoms with Crippen molar-refractivity contribution in [2.45, 2.75) is 32.7 Å². The summed E-state index contributed by atoms with van der Waals surface area (Å²) < 4.78 is 0. The third-order valence-electron chi connectivity index (χ3n) is 4.31. The summed E-state index contributed by atoms with van der Waals surface area (Å²) in [6.07, 6.45) is 1.51. The van der Waals surface area contributed by atoms with Gasteiger partial charge in [-0.25, -0.2) is 4.98 Å². The number of nitrogens with two attached hydrogens (primary N) is 1. The van der Waals surface area contributed by atoms with E-state index in [9.17, 15) is 4.79 Å². The number of benzene rings is 2. The van der Waals surface area contributed by atoms with E-state index in [-0.39, 0.29) is 5.91 Å². The van der Waals surface area contributed by atoms with Crippen LogP contribution in [0.4, 0.5) is 5.13 Å². The Bertz CT molecular complexity index is 869. The normalized spacial score (nSPS) is 12.0. The number of carbonyl (C=O) groups is 1. The Balaban J connectivity index is 1.62. The second-order valence-corrected chi connectivity index (χ2v) is 7.23. The molecule has 3 N–H and O–H groups in total. The van der Waals surface area contributed by atoms with Crippen LogP contribution in [0.1, 0.15) is 23.6 Å². The number of aryl methyl sites for hydroxylation is 2. The number of aromatic nitrogens is 1. The van der Waals surface area contributed by atoms with Crippen molar-refractivity contribution < 1.29 is 4.79 Å². The molecule has 0 radical (unpaired) electrons. The number of carbonyl (C=O) groups excluding carboxylic acids is 1. The van der Waals surface area contributed by atoms with Crippen molar-refractivity contribution >= 4 is 22.4 Å². The van der Waals surface area contributed by atoms with E-state index >= 15 is 0 Å². The molecule has 0 saturated carbocycles. The summed E-state index contributed by atoms with van der Waals surface area (Å²) in [6, 6.07) is 15.8. The maximum atomic E-state index is 12.3. The predicted octanol–water partition coefficient (Wildman–Crippen LogP) is 4.19. The summed E-state index contributed by atoms with van der Waals surface area (Å²) in [5, 5.41) is 5.35. The SMILES string of the molecule is CCc1ccc(-c2csc(NC(=O)C(N)Cc3ccc(C)cc3)n2)cc1. The lowest BCUT2D eigenvalue weighted by Gasteiger charge is -2.11. The Hall–Kier alpha value is -2.50. The van der Waals surface area contributed by atoms with Gasteiger partial charge >= 0.3 is 0 Å². The van der Waals surface area contributed by atoms with E-state index in [0.29, 0.717) is 11.6 Å². The van der Waals surface area contributed by atoms with Gasteiger partial charge in [-0.15, -0.1) is 11.3 Å². The molecule has 2 aromatic carbocycles. The maximum Gasteiger partial charge on any atom is 0.243 e. The van der Waals surface area contributed by atoms with Crippen molar-refractivity contribution in [3.8, 4) is 11.3 Å². The molecule has 0 fully saturated rings. The third-order valence-corrected chi connectivity index (χ3v) is 5.06. The lowest BCUT2D eigenvalue weighted by Crippen LogP contribution is -2.37. The molecule has 0 aliphatic carbocycles. The van der Waals surface area contributed by atoms with Crippen LogP contribution in [0, 0.1) is 6.92 Å². The molecule has 0 spiro atoms. The summed E-state index contributed by atoms with van der Waals surface area (Å²) in [4.78, 5) is 16.9. The first-order valence-corrected chi connectivity index (χ1v) is 9.60. The molecule has 1 unspecified atom stereocenters. The van der Waals surface area contributed by atoms with Gasteiger partial charge in [0.05, 0.1) is 11.7 Å². The molecule has 3 rings (SSSR count). The van der Waals surface area contributed by atoms with Crippen molar-refractivity contribution in [1.82, 2.24) is 4.98 Å².